The molecule has 0 saturated heterocycles. The monoisotopic (exact) mass is 281 g/mol. The highest BCUT2D eigenvalue weighted by molar-refractivity contribution is 5.94. The van der Waals surface area contributed by atoms with E-state index in [1.165, 1.54) is 0 Å². The van der Waals surface area contributed by atoms with Gasteiger partial charge in [0.25, 0.3) is 0 Å². The Morgan fingerprint density at radius 1 is 1.14 bits per heavy atom. The zero-order valence-corrected chi connectivity index (χ0v) is 12.4. The number of pyridine rings is 2. The summed E-state index contributed by atoms with van der Waals surface area (Å²) in [7, 11) is 0. The summed E-state index contributed by atoms with van der Waals surface area (Å²) in [6, 6.07) is 8.23. The summed E-state index contributed by atoms with van der Waals surface area (Å²) in [6.45, 7) is 5.07. The summed E-state index contributed by atoms with van der Waals surface area (Å²) in [6.07, 6.45) is 6.43. The van der Waals surface area contributed by atoms with Crippen LogP contribution in [-0.4, -0.2) is 28.5 Å². The third-order valence-electron chi connectivity index (χ3n) is 3.45. The van der Waals surface area contributed by atoms with Gasteiger partial charge in [0.2, 0.25) is 5.90 Å². The standard InChI is InChI=1S/C17H19N3O/c1-12(2)9-15-11-21-17(20-15)16-10-14(5-8-19-16)13-3-6-18-7-4-13/h3-8,10,12,15H,9,11H2,1-2H3/t15-/m0/s1. The van der Waals surface area contributed by atoms with Crippen LogP contribution in [0.15, 0.2) is 47.8 Å². The molecule has 3 heterocycles. The molecule has 0 radical (unpaired) electrons. The zero-order chi connectivity index (χ0) is 14.7. The normalized spacial score (nSPS) is 17.7. The summed E-state index contributed by atoms with van der Waals surface area (Å²) >= 11 is 0. The van der Waals surface area contributed by atoms with Crippen LogP contribution in [0.3, 0.4) is 0 Å². The van der Waals surface area contributed by atoms with Gasteiger partial charge >= 0.3 is 0 Å². The number of rotatable bonds is 4. The quantitative estimate of drug-likeness (QED) is 0.863. The van der Waals surface area contributed by atoms with Crippen LogP contribution < -0.4 is 0 Å². The Balaban J connectivity index is 1.84. The minimum Gasteiger partial charge on any atom is -0.474 e. The molecule has 0 aliphatic carbocycles. The average molecular weight is 281 g/mol. The van der Waals surface area contributed by atoms with Crippen molar-refractivity contribution in [3.63, 3.8) is 0 Å². The van der Waals surface area contributed by atoms with E-state index in [0.717, 1.165) is 23.2 Å². The van der Waals surface area contributed by atoms with Crippen LogP contribution in [0.25, 0.3) is 11.1 Å². The topological polar surface area (TPSA) is 47.4 Å². The number of hydrogen-bond donors (Lipinski definition) is 0. The second-order valence-electron chi connectivity index (χ2n) is 5.69. The lowest BCUT2D eigenvalue weighted by Crippen LogP contribution is -2.09. The van der Waals surface area contributed by atoms with Gasteiger partial charge in [-0.05, 0) is 47.7 Å². The summed E-state index contributed by atoms with van der Waals surface area (Å²) in [5, 5.41) is 0. The van der Waals surface area contributed by atoms with Gasteiger partial charge in [0.15, 0.2) is 0 Å². The number of hydrogen-bond acceptors (Lipinski definition) is 4. The van der Waals surface area contributed by atoms with Gasteiger partial charge in [-0.1, -0.05) is 13.8 Å². The summed E-state index contributed by atoms with van der Waals surface area (Å²) < 4.78 is 5.72. The van der Waals surface area contributed by atoms with Gasteiger partial charge in [-0.15, -0.1) is 0 Å². The van der Waals surface area contributed by atoms with Crippen LogP contribution in [0.2, 0.25) is 0 Å². The van der Waals surface area contributed by atoms with Gasteiger partial charge in [0, 0.05) is 18.6 Å². The molecule has 0 aromatic carbocycles. The Morgan fingerprint density at radius 2 is 1.90 bits per heavy atom. The third-order valence-corrected chi connectivity index (χ3v) is 3.45. The van der Waals surface area contributed by atoms with Gasteiger partial charge < -0.3 is 4.74 Å². The first-order chi connectivity index (χ1) is 10.2. The maximum atomic E-state index is 5.72. The highest BCUT2D eigenvalue weighted by Gasteiger charge is 2.21. The fraction of sp³-hybridized carbons (Fsp3) is 0.353. The van der Waals surface area contributed by atoms with E-state index >= 15 is 0 Å². The van der Waals surface area contributed by atoms with Crippen LogP contribution in [-0.2, 0) is 4.74 Å². The second kappa shape index (κ2) is 6.04. The zero-order valence-electron chi connectivity index (χ0n) is 12.4. The van der Waals surface area contributed by atoms with Gasteiger partial charge in [0.05, 0.1) is 6.04 Å². The lowest BCUT2D eigenvalue weighted by Gasteiger charge is -2.06. The van der Waals surface area contributed by atoms with E-state index in [1.807, 2.05) is 24.3 Å². The molecule has 4 nitrogen and oxygen atoms in total. The molecule has 1 aliphatic heterocycles. The summed E-state index contributed by atoms with van der Waals surface area (Å²) in [4.78, 5) is 13.1. The van der Waals surface area contributed by atoms with Crippen LogP contribution in [0, 0.1) is 5.92 Å². The van der Waals surface area contributed by atoms with Crippen molar-refractivity contribution in [1.82, 2.24) is 9.97 Å². The van der Waals surface area contributed by atoms with Gasteiger partial charge in [0.1, 0.15) is 12.3 Å². The van der Waals surface area contributed by atoms with Gasteiger partial charge in [-0.3, -0.25) is 9.97 Å². The first-order valence-electron chi connectivity index (χ1n) is 7.30. The van der Waals surface area contributed by atoms with Crippen LogP contribution in [0.5, 0.6) is 0 Å². The molecule has 0 unspecified atom stereocenters. The van der Waals surface area contributed by atoms with E-state index in [9.17, 15) is 0 Å². The number of ether oxygens (including phenoxy) is 1. The molecule has 0 bridgehead atoms. The van der Waals surface area contributed by atoms with Crippen LogP contribution in [0.1, 0.15) is 26.0 Å². The minimum atomic E-state index is 0.256. The van der Waals surface area contributed by atoms with Gasteiger partial charge in [-0.25, -0.2) is 4.99 Å². The Bertz CT molecular complexity index is 637. The fourth-order valence-corrected chi connectivity index (χ4v) is 2.49. The van der Waals surface area contributed by atoms with Crippen molar-refractivity contribution in [2.45, 2.75) is 26.3 Å². The van der Waals surface area contributed by atoms with Crippen molar-refractivity contribution in [2.75, 3.05) is 6.61 Å². The molecule has 0 spiro atoms. The van der Waals surface area contributed by atoms with E-state index in [-0.39, 0.29) is 6.04 Å². The predicted octanol–water partition coefficient (Wildman–Crippen LogP) is 3.34. The molecule has 2 aromatic rings. The van der Waals surface area contributed by atoms with Crippen LogP contribution in [0.4, 0.5) is 0 Å². The van der Waals surface area contributed by atoms with Crippen molar-refractivity contribution in [1.29, 1.82) is 0 Å². The molecular formula is C17H19N3O. The molecule has 0 fully saturated rings. The molecule has 0 N–H and O–H groups in total. The molecule has 3 rings (SSSR count). The molecule has 1 aliphatic rings. The molecule has 108 valence electrons. The SMILES string of the molecule is CC(C)C[C@H]1COC(c2cc(-c3ccncc3)ccn2)=N1. The van der Waals surface area contributed by atoms with E-state index in [4.69, 9.17) is 4.74 Å². The summed E-state index contributed by atoms with van der Waals surface area (Å²) in [5.41, 5.74) is 3.02. The molecule has 4 heteroatoms. The first kappa shape index (κ1) is 13.7. The molecule has 1 atom stereocenters. The highest BCUT2D eigenvalue weighted by atomic mass is 16.5. The third kappa shape index (κ3) is 3.27. The smallest absolute Gasteiger partial charge is 0.235 e. The van der Waals surface area contributed by atoms with Crippen molar-refractivity contribution in [3.8, 4) is 11.1 Å². The maximum Gasteiger partial charge on any atom is 0.235 e. The Hall–Kier alpha value is -2.23. The average Bonchev–Trinajstić information content (AvgIpc) is 2.96. The van der Waals surface area contributed by atoms with E-state index in [2.05, 4.69) is 28.8 Å². The molecule has 2 aromatic heterocycles. The van der Waals surface area contributed by atoms with E-state index < -0.39 is 0 Å². The highest BCUT2D eigenvalue weighted by Crippen LogP contribution is 2.21. The van der Waals surface area contributed by atoms with E-state index in [1.54, 1.807) is 18.6 Å². The number of aliphatic imine (C=N–C) groups is 1. The minimum absolute atomic E-state index is 0.256. The maximum absolute atomic E-state index is 5.72. The Labute approximate surface area is 124 Å². The summed E-state index contributed by atoms with van der Waals surface area (Å²) in [5.74, 6) is 1.29. The lowest BCUT2D eigenvalue weighted by atomic mass is 10.1. The van der Waals surface area contributed by atoms with Crippen molar-refractivity contribution in [3.05, 3.63) is 48.5 Å². The molecule has 0 amide bonds. The Morgan fingerprint density at radius 3 is 2.67 bits per heavy atom. The lowest BCUT2D eigenvalue weighted by molar-refractivity contribution is 0.301. The number of aromatic nitrogens is 2. The van der Waals surface area contributed by atoms with Gasteiger partial charge in [-0.2, -0.15) is 0 Å². The van der Waals surface area contributed by atoms with Crippen molar-refractivity contribution in [2.24, 2.45) is 10.9 Å². The van der Waals surface area contributed by atoms with Crippen molar-refractivity contribution >= 4 is 5.90 Å². The van der Waals surface area contributed by atoms with Crippen LogP contribution >= 0.6 is 0 Å². The molecule has 0 saturated carbocycles. The predicted molar refractivity (Wildman–Crippen MR) is 83.2 cm³/mol. The fourth-order valence-electron chi connectivity index (χ4n) is 2.49. The number of nitrogens with zero attached hydrogens (tertiary/aromatic N) is 3. The Kier molecular flexibility index (Phi) is 3.95. The first-order valence-corrected chi connectivity index (χ1v) is 7.30. The van der Waals surface area contributed by atoms with Crippen molar-refractivity contribution < 1.29 is 4.74 Å². The molecular weight excluding hydrogens is 262 g/mol. The largest absolute Gasteiger partial charge is 0.474 e. The second-order valence-corrected chi connectivity index (χ2v) is 5.69. The molecule has 21 heavy (non-hydrogen) atoms. The van der Waals surface area contributed by atoms with E-state index in [0.29, 0.717) is 18.4 Å².